The van der Waals surface area contributed by atoms with Crippen molar-refractivity contribution in [2.24, 2.45) is 0 Å². The average Bonchev–Trinajstić information content (AvgIpc) is 3.07. The molecule has 7 nitrogen and oxygen atoms in total. The predicted molar refractivity (Wildman–Crippen MR) is 181 cm³/mol. The van der Waals surface area contributed by atoms with Crippen LogP contribution in [-0.2, 0) is 9.59 Å². The van der Waals surface area contributed by atoms with Crippen LogP contribution in [-0.4, -0.2) is 37.5 Å². The van der Waals surface area contributed by atoms with Crippen molar-refractivity contribution >= 4 is 46.9 Å². The molecule has 3 heterocycles. The van der Waals surface area contributed by atoms with E-state index in [4.69, 9.17) is 16.3 Å². The summed E-state index contributed by atoms with van der Waals surface area (Å²) in [6.07, 6.45) is 4.83. The highest BCUT2D eigenvalue weighted by molar-refractivity contribution is 6.39. The van der Waals surface area contributed by atoms with Gasteiger partial charge in [-0.25, -0.2) is 9.69 Å². The molecule has 4 aromatic carbocycles. The van der Waals surface area contributed by atoms with Gasteiger partial charge in [0.15, 0.2) is 0 Å². The lowest BCUT2D eigenvalue weighted by atomic mass is 9.76. The summed E-state index contributed by atoms with van der Waals surface area (Å²) in [7, 11) is 0. The number of carbonyl (C=O) groups is 3. The van der Waals surface area contributed by atoms with Gasteiger partial charge >= 0.3 is 6.03 Å². The lowest BCUT2D eigenvalue weighted by Crippen LogP contribution is -2.54. The van der Waals surface area contributed by atoms with Gasteiger partial charge in [-0.05, 0) is 71.5 Å². The molecule has 3 aliphatic rings. The zero-order valence-corrected chi connectivity index (χ0v) is 25.9. The summed E-state index contributed by atoms with van der Waals surface area (Å²) in [5, 5.41) is 2.80. The molecule has 0 bridgehead atoms. The number of ether oxygens (including phenoxy) is 1. The van der Waals surface area contributed by atoms with Gasteiger partial charge < -0.3 is 9.64 Å². The Morgan fingerprint density at radius 1 is 0.848 bits per heavy atom. The Bertz CT molecular complexity index is 1820. The van der Waals surface area contributed by atoms with Gasteiger partial charge in [0.1, 0.15) is 17.9 Å². The standard InChI is InChI=1S/C38H32ClN3O4/c1-2-19-46-34-14-13-27(39)20-26(34)21-33-36(43)40-38(45)42(37(33)44)28-22-31-29(24-9-5-3-6-10-24)15-17-41-18-16-30(32(23-28)35(31)41)25-11-7-4-8-12-25/h2-14,20-23,29-30H,1,15-19H2,(H,40,43,45)/b33-21+/t29-,30-/m0/s1. The number of urea groups is 1. The van der Waals surface area contributed by atoms with Crippen molar-refractivity contribution in [3.05, 3.63) is 142 Å². The van der Waals surface area contributed by atoms with Crippen molar-refractivity contribution < 1.29 is 19.1 Å². The molecule has 1 N–H and O–H groups in total. The van der Waals surface area contributed by atoms with Crippen LogP contribution in [0.4, 0.5) is 16.2 Å². The molecule has 8 heteroatoms. The maximum atomic E-state index is 14.2. The summed E-state index contributed by atoms with van der Waals surface area (Å²) >= 11 is 6.28. The molecule has 0 aromatic heterocycles. The summed E-state index contributed by atoms with van der Waals surface area (Å²) in [5.41, 5.74) is 6.34. The first-order chi connectivity index (χ1) is 22.4. The fraction of sp³-hybridized carbons (Fsp3) is 0.184. The Hall–Kier alpha value is -5.14. The Morgan fingerprint density at radius 2 is 1.46 bits per heavy atom. The second kappa shape index (κ2) is 12.3. The molecule has 1 saturated heterocycles. The van der Waals surface area contributed by atoms with Crippen LogP contribution in [0.3, 0.4) is 0 Å². The lowest BCUT2D eigenvalue weighted by Gasteiger charge is -2.44. The topological polar surface area (TPSA) is 79.0 Å². The molecular formula is C38H32ClN3O4. The molecule has 1 fully saturated rings. The van der Waals surface area contributed by atoms with E-state index in [0.717, 1.165) is 42.0 Å². The van der Waals surface area contributed by atoms with Gasteiger partial charge in [0.25, 0.3) is 11.8 Å². The third-order valence-corrected chi connectivity index (χ3v) is 9.22. The summed E-state index contributed by atoms with van der Waals surface area (Å²) < 4.78 is 5.75. The number of benzene rings is 4. The van der Waals surface area contributed by atoms with Gasteiger partial charge in [0.2, 0.25) is 0 Å². The average molecular weight is 630 g/mol. The highest BCUT2D eigenvalue weighted by Crippen LogP contribution is 2.50. The molecule has 0 spiro atoms. The van der Waals surface area contributed by atoms with E-state index in [1.165, 1.54) is 22.9 Å². The van der Waals surface area contributed by atoms with E-state index in [9.17, 15) is 14.4 Å². The maximum absolute atomic E-state index is 14.2. The Kier molecular flexibility index (Phi) is 7.93. The van der Waals surface area contributed by atoms with E-state index < -0.39 is 17.8 Å². The zero-order chi connectivity index (χ0) is 31.8. The number of anilines is 2. The number of barbiturate groups is 1. The number of hydrogen-bond acceptors (Lipinski definition) is 5. The van der Waals surface area contributed by atoms with Crippen molar-refractivity contribution in [2.45, 2.75) is 24.7 Å². The van der Waals surface area contributed by atoms with E-state index in [0.29, 0.717) is 22.0 Å². The number of amides is 4. The molecule has 0 aliphatic carbocycles. The van der Waals surface area contributed by atoms with Crippen LogP contribution >= 0.6 is 11.6 Å². The molecule has 0 unspecified atom stereocenters. The number of nitrogens with zero attached hydrogens (tertiary/aromatic N) is 2. The van der Waals surface area contributed by atoms with E-state index in [1.54, 1.807) is 24.3 Å². The monoisotopic (exact) mass is 629 g/mol. The Balaban J connectivity index is 1.38. The number of carbonyl (C=O) groups excluding carboxylic acids is 3. The minimum Gasteiger partial charge on any atom is -0.489 e. The molecule has 230 valence electrons. The van der Waals surface area contributed by atoms with E-state index in [1.807, 2.05) is 48.5 Å². The van der Waals surface area contributed by atoms with Crippen LogP contribution in [0.25, 0.3) is 6.08 Å². The van der Waals surface area contributed by atoms with Crippen LogP contribution in [0.5, 0.6) is 5.75 Å². The highest BCUT2D eigenvalue weighted by Gasteiger charge is 2.40. The quantitative estimate of drug-likeness (QED) is 0.131. The molecule has 0 saturated carbocycles. The van der Waals surface area contributed by atoms with Crippen LogP contribution < -0.4 is 19.9 Å². The van der Waals surface area contributed by atoms with Gasteiger partial charge in [-0.2, -0.15) is 0 Å². The number of hydrogen-bond donors (Lipinski definition) is 1. The van der Waals surface area contributed by atoms with E-state index >= 15 is 0 Å². The molecular weight excluding hydrogens is 598 g/mol. The van der Waals surface area contributed by atoms with Crippen molar-refractivity contribution in [2.75, 3.05) is 29.5 Å². The minimum atomic E-state index is -0.787. The first kappa shape index (κ1) is 29.6. The van der Waals surface area contributed by atoms with Crippen molar-refractivity contribution in [3.8, 4) is 5.75 Å². The van der Waals surface area contributed by atoms with Crippen molar-refractivity contribution in [3.63, 3.8) is 0 Å². The fourth-order valence-corrected chi connectivity index (χ4v) is 7.11. The minimum absolute atomic E-state index is 0.0799. The Labute approximate surface area is 272 Å². The van der Waals surface area contributed by atoms with Crippen LogP contribution in [0.15, 0.2) is 109 Å². The molecule has 4 aromatic rings. The van der Waals surface area contributed by atoms with Crippen LogP contribution in [0, 0.1) is 0 Å². The zero-order valence-electron chi connectivity index (χ0n) is 25.1. The number of halogens is 1. The molecule has 0 radical (unpaired) electrons. The molecule has 3 aliphatic heterocycles. The second-order valence-electron chi connectivity index (χ2n) is 11.7. The van der Waals surface area contributed by atoms with Gasteiger partial charge in [-0.3, -0.25) is 14.9 Å². The second-order valence-corrected chi connectivity index (χ2v) is 12.1. The van der Waals surface area contributed by atoms with Gasteiger partial charge in [-0.15, -0.1) is 0 Å². The predicted octanol–water partition coefficient (Wildman–Crippen LogP) is 7.45. The molecule has 7 rings (SSSR count). The lowest BCUT2D eigenvalue weighted by molar-refractivity contribution is -0.122. The third kappa shape index (κ3) is 5.37. The summed E-state index contributed by atoms with van der Waals surface area (Å²) in [4.78, 5) is 44.3. The smallest absolute Gasteiger partial charge is 0.335 e. The summed E-state index contributed by atoms with van der Waals surface area (Å²) in [5.74, 6) is -0.912. The van der Waals surface area contributed by atoms with Crippen LogP contribution in [0.2, 0.25) is 5.02 Å². The number of imide groups is 2. The number of rotatable bonds is 7. The maximum Gasteiger partial charge on any atom is 0.335 e. The molecule has 46 heavy (non-hydrogen) atoms. The van der Waals surface area contributed by atoms with Gasteiger partial charge in [0.05, 0.1) is 5.69 Å². The first-order valence-corrected chi connectivity index (χ1v) is 15.8. The molecule has 2 atom stereocenters. The normalized spacial score (nSPS) is 19.9. The largest absolute Gasteiger partial charge is 0.489 e. The fourth-order valence-electron chi connectivity index (χ4n) is 6.93. The van der Waals surface area contributed by atoms with Crippen molar-refractivity contribution in [1.82, 2.24) is 5.32 Å². The van der Waals surface area contributed by atoms with E-state index in [2.05, 4.69) is 41.1 Å². The summed E-state index contributed by atoms with van der Waals surface area (Å²) in [6, 6.07) is 28.8. The highest BCUT2D eigenvalue weighted by atomic mass is 35.5. The third-order valence-electron chi connectivity index (χ3n) is 8.99. The molecule has 4 amide bonds. The number of nitrogens with one attached hydrogen (secondary N) is 1. The van der Waals surface area contributed by atoms with Crippen molar-refractivity contribution in [1.29, 1.82) is 0 Å². The summed E-state index contributed by atoms with van der Waals surface area (Å²) in [6.45, 7) is 5.75. The van der Waals surface area contributed by atoms with Crippen LogP contribution in [0.1, 0.15) is 52.5 Å². The van der Waals surface area contributed by atoms with E-state index in [-0.39, 0.29) is 24.0 Å². The first-order valence-electron chi connectivity index (χ1n) is 15.4. The SMILES string of the molecule is C=CCOc1ccc(Cl)cc1/C=C1\C(=O)NC(=O)N(c2cc3c4c(c2)[C@H](c2ccccc2)CCN4CC[C@H]3c2ccccc2)C1=O. The van der Waals surface area contributed by atoms with Gasteiger partial charge in [-0.1, -0.05) is 84.9 Å². The Morgan fingerprint density at radius 3 is 2.04 bits per heavy atom. The van der Waals surface area contributed by atoms with Gasteiger partial charge in [0, 0.05) is 41.2 Å².